The van der Waals surface area contributed by atoms with Gasteiger partial charge in [-0.3, -0.25) is 18.6 Å². The number of phosphoric acid groups is 1. The summed E-state index contributed by atoms with van der Waals surface area (Å²) in [7, 11) is 1.42. The van der Waals surface area contributed by atoms with Gasteiger partial charge >= 0.3 is 19.8 Å². The molecule has 0 saturated heterocycles. The maximum atomic E-state index is 12.6. The lowest BCUT2D eigenvalue weighted by Gasteiger charge is -2.24. The number of rotatable bonds is 34. The lowest BCUT2D eigenvalue weighted by molar-refractivity contribution is -0.870. The van der Waals surface area contributed by atoms with E-state index in [0.29, 0.717) is 23.9 Å². The molecule has 0 amide bonds. The van der Waals surface area contributed by atoms with Crippen molar-refractivity contribution in [2.45, 2.75) is 123 Å². The van der Waals surface area contributed by atoms with Crippen LogP contribution in [-0.4, -0.2) is 74.9 Å². The second kappa shape index (κ2) is 35.6. The third-order valence-electron chi connectivity index (χ3n) is 7.80. The van der Waals surface area contributed by atoms with Crippen molar-refractivity contribution in [1.82, 2.24) is 0 Å². The molecule has 306 valence electrons. The molecule has 9 nitrogen and oxygen atoms in total. The van der Waals surface area contributed by atoms with Crippen molar-refractivity contribution >= 4 is 19.8 Å². The predicted molar refractivity (Wildman–Crippen MR) is 224 cm³/mol. The van der Waals surface area contributed by atoms with Crippen LogP contribution in [0.5, 0.6) is 0 Å². The first-order chi connectivity index (χ1) is 26.0. The van der Waals surface area contributed by atoms with Gasteiger partial charge < -0.3 is 18.9 Å². The summed E-state index contributed by atoms with van der Waals surface area (Å²) in [6, 6.07) is 0. The minimum absolute atomic E-state index is 0.0160. The molecular weight excluding hydrogens is 701 g/mol. The van der Waals surface area contributed by atoms with Crippen molar-refractivity contribution in [3.63, 3.8) is 0 Å². The summed E-state index contributed by atoms with van der Waals surface area (Å²) in [6.07, 6.45) is 45.9. The Morgan fingerprint density at radius 1 is 0.574 bits per heavy atom. The highest BCUT2D eigenvalue weighted by Gasteiger charge is 2.27. The first-order valence-electron chi connectivity index (χ1n) is 20.1. The summed E-state index contributed by atoms with van der Waals surface area (Å²) in [5.41, 5.74) is 0. The molecule has 2 unspecified atom stereocenters. The van der Waals surface area contributed by atoms with Crippen LogP contribution in [0.4, 0.5) is 0 Å². The summed E-state index contributed by atoms with van der Waals surface area (Å²) in [4.78, 5) is 35.3. The van der Waals surface area contributed by atoms with Crippen molar-refractivity contribution < 1.29 is 42.1 Å². The summed E-state index contributed by atoms with van der Waals surface area (Å²) >= 11 is 0. The van der Waals surface area contributed by atoms with Gasteiger partial charge in [-0.05, 0) is 51.4 Å². The monoisotopic (exact) mass is 775 g/mol. The second-order valence-corrected chi connectivity index (χ2v) is 15.5. The van der Waals surface area contributed by atoms with E-state index < -0.39 is 32.5 Å². The molecule has 1 N–H and O–H groups in total. The average molecular weight is 775 g/mol. The van der Waals surface area contributed by atoms with E-state index in [1.54, 1.807) is 0 Å². The number of unbranched alkanes of at least 4 members (excludes halogenated alkanes) is 10. The Kier molecular flexibility index (Phi) is 33.6. The Morgan fingerprint density at radius 3 is 1.48 bits per heavy atom. The highest BCUT2D eigenvalue weighted by Crippen LogP contribution is 2.43. The molecule has 0 bridgehead atoms. The molecular formula is C44H73NO8P+. The fraction of sp³-hybridized carbons (Fsp3) is 0.591. The molecule has 2 atom stereocenters. The van der Waals surface area contributed by atoms with Gasteiger partial charge in [0.05, 0.1) is 27.7 Å². The molecule has 0 fully saturated rings. The van der Waals surface area contributed by atoms with Gasteiger partial charge in [0, 0.05) is 12.8 Å². The molecule has 54 heavy (non-hydrogen) atoms. The van der Waals surface area contributed by atoms with Gasteiger partial charge in [-0.1, -0.05) is 150 Å². The molecule has 0 radical (unpaired) electrons. The van der Waals surface area contributed by atoms with Crippen LogP contribution in [0.25, 0.3) is 0 Å². The molecule has 0 saturated carbocycles. The number of carbonyl (C=O) groups excluding carboxylic acids is 2. The van der Waals surface area contributed by atoms with E-state index in [9.17, 15) is 19.0 Å². The Hall–Kier alpha value is -3.07. The zero-order valence-corrected chi connectivity index (χ0v) is 35.1. The molecule has 0 heterocycles. The first-order valence-corrected chi connectivity index (χ1v) is 21.6. The molecule has 0 rings (SSSR count). The topological polar surface area (TPSA) is 108 Å². The lowest BCUT2D eigenvalue weighted by atomic mass is 10.1. The fourth-order valence-electron chi connectivity index (χ4n) is 4.68. The first kappa shape index (κ1) is 50.9. The van der Waals surface area contributed by atoms with Gasteiger partial charge in [0.25, 0.3) is 0 Å². The highest BCUT2D eigenvalue weighted by molar-refractivity contribution is 7.47. The second-order valence-electron chi connectivity index (χ2n) is 14.1. The van der Waals surface area contributed by atoms with E-state index in [4.69, 9.17) is 18.5 Å². The van der Waals surface area contributed by atoms with E-state index in [0.717, 1.165) is 77.0 Å². The Bertz CT molecular complexity index is 1240. The average Bonchev–Trinajstić information content (AvgIpc) is 3.12. The van der Waals surface area contributed by atoms with Crippen molar-refractivity contribution in [1.29, 1.82) is 0 Å². The van der Waals surface area contributed by atoms with Crippen molar-refractivity contribution in [3.8, 4) is 0 Å². The Labute approximate surface area is 328 Å². The third-order valence-corrected chi connectivity index (χ3v) is 8.78. The Balaban J connectivity index is 4.53. The number of phosphoric ester groups is 1. The smallest absolute Gasteiger partial charge is 0.462 e. The van der Waals surface area contributed by atoms with Crippen LogP contribution in [0.3, 0.4) is 0 Å². The number of allylic oxidation sites excluding steroid dienone is 16. The van der Waals surface area contributed by atoms with E-state index in [-0.39, 0.29) is 26.1 Å². The van der Waals surface area contributed by atoms with E-state index >= 15 is 0 Å². The summed E-state index contributed by atoms with van der Waals surface area (Å²) < 4.78 is 34.2. The van der Waals surface area contributed by atoms with Crippen molar-refractivity contribution in [3.05, 3.63) is 97.2 Å². The quantitative estimate of drug-likeness (QED) is 0.0226. The minimum atomic E-state index is -4.39. The van der Waals surface area contributed by atoms with Crippen molar-refractivity contribution in [2.75, 3.05) is 47.5 Å². The van der Waals surface area contributed by atoms with Crippen LogP contribution in [0.15, 0.2) is 97.2 Å². The number of hydrogen-bond donors (Lipinski definition) is 1. The normalized spacial score (nSPS) is 14.7. The maximum absolute atomic E-state index is 12.6. The number of carbonyl (C=O) groups is 2. The van der Waals surface area contributed by atoms with Gasteiger partial charge in [0.15, 0.2) is 6.10 Å². The third kappa shape index (κ3) is 38.6. The number of nitrogens with zero attached hydrogens (tertiary/aromatic N) is 1. The van der Waals surface area contributed by atoms with Gasteiger partial charge in [-0.2, -0.15) is 0 Å². The van der Waals surface area contributed by atoms with E-state index in [1.165, 1.54) is 0 Å². The van der Waals surface area contributed by atoms with Gasteiger partial charge in [-0.25, -0.2) is 4.57 Å². The number of quaternary nitrogens is 1. The van der Waals surface area contributed by atoms with Crippen LogP contribution in [0.2, 0.25) is 0 Å². The molecule has 0 aliphatic rings. The van der Waals surface area contributed by atoms with Crippen LogP contribution < -0.4 is 0 Å². The van der Waals surface area contributed by atoms with Crippen LogP contribution in [0.1, 0.15) is 117 Å². The number of esters is 2. The maximum Gasteiger partial charge on any atom is 0.472 e. The summed E-state index contributed by atoms with van der Waals surface area (Å²) in [5, 5.41) is 0. The molecule has 10 heteroatoms. The summed E-state index contributed by atoms with van der Waals surface area (Å²) in [6.45, 7) is 4.04. The predicted octanol–water partition coefficient (Wildman–Crippen LogP) is 11.0. The van der Waals surface area contributed by atoms with Crippen LogP contribution in [0, 0.1) is 0 Å². The van der Waals surface area contributed by atoms with Gasteiger partial charge in [-0.15, -0.1) is 0 Å². The molecule has 0 aliphatic heterocycles. The standard InChI is InChI=1S/C44H72NO8P/c1-6-8-10-12-14-16-18-20-22-24-26-28-30-32-34-36-43(46)50-40-42(41-52-54(48,49)51-39-38-45(3,4)5)53-44(47)37-35-33-31-29-27-25-23-21-19-17-15-13-11-9-7-2/h8-23,42H,6-7,24-41H2,1-5H3/p+1/b10-8+,11-9+,14-12+,15-13+,18-16+,19-17+,22-20+,23-21+. The molecule has 0 spiro atoms. The zero-order chi connectivity index (χ0) is 40.0. The molecule has 0 aliphatic carbocycles. The fourth-order valence-corrected chi connectivity index (χ4v) is 5.42. The van der Waals surface area contributed by atoms with Crippen LogP contribution in [-0.2, 0) is 32.7 Å². The molecule has 0 aromatic rings. The van der Waals surface area contributed by atoms with E-state index in [2.05, 4.69) is 50.3 Å². The van der Waals surface area contributed by atoms with Crippen molar-refractivity contribution in [2.24, 2.45) is 0 Å². The SMILES string of the molecule is CC/C=C/C=C/C=C/C=C/CCCCCCCC(=O)OCC(COP(=O)(O)OCC[N+](C)(C)C)OC(=O)CCCCCCC/C=C/C=C/C=C/C=C/CC. The minimum Gasteiger partial charge on any atom is -0.462 e. The molecule has 0 aromatic heterocycles. The summed E-state index contributed by atoms with van der Waals surface area (Å²) in [5.74, 6) is -0.867. The Morgan fingerprint density at radius 2 is 1.00 bits per heavy atom. The largest absolute Gasteiger partial charge is 0.472 e. The van der Waals surface area contributed by atoms with E-state index in [1.807, 2.05) is 81.9 Å². The zero-order valence-electron chi connectivity index (χ0n) is 34.2. The number of ether oxygens (including phenoxy) is 2. The highest BCUT2D eigenvalue weighted by atomic mass is 31.2. The lowest BCUT2D eigenvalue weighted by Crippen LogP contribution is -2.37. The van der Waals surface area contributed by atoms with Crippen LogP contribution >= 0.6 is 7.82 Å². The molecule has 0 aromatic carbocycles. The number of hydrogen-bond acceptors (Lipinski definition) is 7. The number of likely N-dealkylation sites (N-methyl/N-ethyl adjacent to an activating group) is 1. The van der Waals surface area contributed by atoms with Gasteiger partial charge in [0.1, 0.15) is 19.8 Å². The van der Waals surface area contributed by atoms with Gasteiger partial charge in [0.2, 0.25) is 0 Å².